The molecule has 0 aliphatic carbocycles. The van der Waals surface area contributed by atoms with Gasteiger partial charge in [0.15, 0.2) is 0 Å². The fraction of sp³-hybridized carbons (Fsp3) is 0.455. The Balaban J connectivity index is 2.53. The third kappa shape index (κ3) is 4.95. The molecule has 1 aromatic carbocycles. The normalized spacial score (nSPS) is 11.6. The van der Waals surface area contributed by atoms with Gasteiger partial charge in [0.25, 0.3) is 0 Å². The lowest BCUT2D eigenvalue weighted by Gasteiger charge is -2.14. The van der Waals surface area contributed by atoms with Crippen LogP contribution in [-0.4, -0.2) is 19.5 Å². The van der Waals surface area contributed by atoms with E-state index in [0.717, 1.165) is 21.3 Å². The van der Waals surface area contributed by atoms with Gasteiger partial charge in [0, 0.05) is 16.7 Å². The van der Waals surface area contributed by atoms with E-state index in [1.807, 2.05) is 26.0 Å². The Morgan fingerprint density at radius 1 is 1.24 bits per heavy atom. The highest BCUT2D eigenvalue weighted by atomic mass is 79.9. The number of nitrogens with one attached hydrogen (secondary N) is 1. The first-order chi connectivity index (χ1) is 7.79. The summed E-state index contributed by atoms with van der Waals surface area (Å²) in [6.07, 6.45) is -4.56. The second-order valence-electron chi connectivity index (χ2n) is 3.64. The number of aryl methyl sites for hydroxylation is 2. The molecular weight excluding hydrogens is 299 g/mol. The van der Waals surface area contributed by atoms with E-state index >= 15 is 0 Å². The molecule has 0 heterocycles. The number of ether oxygens (including phenoxy) is 1. The molecule has 0 aromatic heterocycles. The summed E-state index contributed by atoms with van der Waals surface area (Å²) < 4.78 is 39.8. The Morgan fingerprint density at radius 2 is 1.76 bits per heavy atom. The number of rotatable bonds is 4. The minimum atomic E-state index is -4.56. The Kier molecular flexibility index (Phi) is 4.82. The molecule has 6 heteroatoms. The summed E-state index contributed by atoms with van der Waals surface area (Å²) in [5.41, 5.74) is 2.80. The SMILES string of the molecule is Cc1cc(Br)cc(C)c1NCCOC(F)(F)F. The van der Waals surface area contributed by atoms with Crippen molar-refractivity contribution in [2.24, 2.45) is 0 Å². The van der Waals surface area contributed by atoms with Crippen LogP contribution in [0.5, 0.6) is 0 Å². The quantitative estimate of drug-likeness (QED) is 0.848. The number of hydrogen-bond donors (Lipinski definition) is 1. The van der Waals surface area contributed by atoms with Crippen molar-refractivity contribution in [2.45, 2.75) is 20.2 Å². The van der Waals surface area contributed by atoms with Crippen LogP contribution in [0.1, 0.15) is 11.1 Å². The first-order valence-corrected chi connectivity index (χ1v) is 5.80. The number of anilines is 1. The van der Waals surface area contributed by atoms with Gasteiger partial charge in [0.2, 0.25) is 0 Å². The van der Waals surface area contributed by atoms with Gasteiger partial charge in [-0.25, -0.2) is 0 Å². The molecule has 0 unspecified atom stereocenters. The summed E-state index contributed by atoms with van der Waals surface area (Å²) in [7, 11) is 0. The highest BCUT2D eigenvalue weighted by Crippen LogP contribution is 2.25. The molecule has 0 aliphatic rings. The highest BCUT2D eigenvalue weighted by molar-refractivity contribution is 9.10. The Labute approximate surface area is 106 Å². The van der Waals surface area contributed by atoms with Gasteiger partial charge in [-0.2, -0.15) is 0 Å². The standard InChI is InChI=1S/C11H13BrF3NO/c1-7-5-9(12)6-8(2)10(7)16-3-4-17-11(13,14)15/h5-6,16H,3-4H2,1-2H3. The predicted molar refractivity (Wildman–Crippen MR) is 64.1 cm³/mol. The fourth-order valence-electron chi connectivity index (χ4n) is 1.53. The zero-order valence-electron chi connectivity index (χ0n) is 9.49. The molecule has 0 saturated carbocycles. The van der Waals surface area contributed by atoms with Crippen LogP contribution in [-0.2, 0) is 4.74 Å². The van der Waals surface area contributed by atoms with E-state index in [1.54, 1.807) is 0 Å². The van der Waals surface area contributed by atoms with Gasteiger partial charge < -0.3 is 5.32 Å². The maximum atomic E-state index is 11.7. The van der Waals surface area contributed by atoms with Gasteiger partial charge in [-0.15, -0.1) is 13.2 Å². The molecule has 0 aliphatic heterocycles. The van der Waals surface area contributed by atoms with Crippen molar-refractivity contribution in [3.63, 3.8) is 0 Å². The van der Waals surface area contributed by atoms with Crippen LogP contribution in [0.15, 0.2) is 16.6 Å². The molecule has 1 rings (SSSR count). The Bertz CT molecular complexity index is 370. The van der Waals surface area contributed by atoms with E-state index < -0.39 is 13.0 Å². The molecule has 1 aromatic rings. The Morgan fingerprint density at radius 3 is 2.24 bits per heavy atom. The second kappa shape index (κ2) is 5.73. The monoisotopic (exact) mass is 311 g/mol. The third-order valence-electron chi connectivity index (χ3n) is 2.17. The lowest BCUT2D eigenvalue weighted by molar-refractivity contribution is -0.322. The number of alkyl halides is 3. The van der Waals surface area contributed by atoms with Gasteiger partial charge >= 0.3 is 6.36 Å². The van der Waals surface area contributed by atoms with E-state index in [9.17, 15) is 13.2 Å². The van der Waals surface area contributed by atoms with Crippen molar-refractivity contribution in [3.05, 3.63) is 27.7 Å². The summed E-state index contributed by atoms with van der Waals surface area (Å²) in [4.78, 5) is 0. The van der Waals surface area contributed by atoms with Crippen LogP contribution in [0, 0.1) is 13.8 Å². The van der Waals surface area contributed by atoms with Gasteiger partial charge in [-0.3, -0.25) is 4.74 Å². The summed E-state index contributed by atoms with van der Waals surface area (Å²) in [5.74, 6) is 0. The number of hydrogen-bond acceptors (Lipinski definition) is 2. The molecule has 17 heavy (non-hydrogen) atoms. The van der Waals surface area contributed by atoms with Crippen molar-refractivity contribution < 1.29 is 17.9 Å². The zero-order chi connectivity index (χ0) is 13.1. The fourth-order valence-corrected chi connectivity index (χ4v) is 2.22. The number of halogens is 4. The molecule has 0 amide bonds. The summed E-state index contributed by atoms with van der Waals surface area (Å²) in [6, 6.07) is 3.81. The van der Waals surface area contributed by atoms with Crippen LogP contribution in [0.25, 0.3) is 0 Å². The summed E-state index contributed by atoms with van der Waals surface area (Å²) in [6.45, 7) is 3.50. The Hall–Kier alpha value is -0.750. The molecule has 0 spiro atoms. The van der Waals surface area contributed by atoms with Crippen molar-refractivity contribution in [2.75, 3.05) is 18.5 Å². The van der Waals surface area contributed by atoms with Gasteiger partial charge in [0.05, 0.1) is 6.61 Å². The average molecular weight is 312 g/mol. The van der Waals surface area contributed by atoms with E-state index in [1.165, 1.54) is 0 Å². The maximum Gasteiger partial charge on any atom is 0.522 e. The minimum Gasteiger partial charge on any atom is -0.382 e. The first-order valence-electron chi connectivity index (χ1n) is 5.01. The number of benzene rings is 1. The summed E-state index contributed by atoms with van der Waals surface area (Å²) in [5, 5.41) is 2.94. The molecule has 1 N–H and O–H groups in total. The molecule has 0 fully saturated rings. The minimum absolute atomic E-state index is 0.114. The van der Waals surface area contributed by atoms with E-state index in [4.69, 9.17) is 0 Å². The van der Waals surface area contributed by atoms with Gasteiger partial charge in [-0.1, -0.05) is 15.9 Å². The molecule has 0 atom stereocenters. The lowest BCUT2D eigenvalue weighted by Crippen LogP contribution is -2.19. The van der Waals surface area contributed by atoms with E-state index in [0.29, 0.717) is 0 Å². The molecule has 96 valence electrons. The van der Waals surface area contributed by atoms with Gasteiger partial charge in [0.1, 0.15) is 0 Å². The molecule has 0 saturated heterocycles. The van der Waals surface area contributed by atoms with Crippen LogP contribution < -0.4 is 5.32 Å². The van der Waals surface area contributed by atoms with Crippen LogP contribution >= 0.6 is 15.9 Å². The average Bonchev–Trinajstić information content (AvgIpc) is 2.13. The smallest absolute Gasteiger partial charge is 0.382 e. The second-order valence-corrected chi connectivity index (χ2v) is 4.55. The van der Waals surface area contributed by atoms with Crippen molar-refractivity contribution in [3.8, 4) is 0 Å². The van der Waals surface area contributed by atoms with Gasteiger partial charge in [-0.05, 0) is 37.1 Å². The van der Waals surface area contributed by atoms with E-state index in [2.05, 4.69) is 26.0 Å². The van der Waals surface area contributed by atoms with E-state index in [-0.39, 0.29) is 6.54 Å². The van der Waals surface area contributed by atoms with Crippen molar-refractivity contribution in [1.29, 1.82) is 0 Å². The van der Waals surface area contributed by atoms with Crippen LogP contribution in [0.3, 0.4) is 0 Å². The molecule has 0 bridgehead atoms. The summed E-state index contributed by atoms with van der Waals surface area (Å²) >= 11 is 3.35. The first kappa shape index (κ1) is 14.3. The molecule has 2 nitrogen and oxygen atoms in total. The lowest BCUT2D eigenvalue weighted by atomic mass is 10.1. The zero-order valence-corrected chi connectivity index (χ0v) is 11.1. The van der Waals surface area contributed by atoms with Crippen molar-refractivity contribution >= 4 is 21.6 Å². The third-order valence-corrected chi connectivity index (χ3v) is 2.62. The highest BCUT2D eigenvalue weighted by Gasteiger charge is 2.28. The topological polar surface area (TPSA) is 21.3 Å². The van der Waals surface area contributed by atoms with Crippen LogP contribution in [0.4, 0.5) is 18.9 Å². The molecular formula is C11H13BrF3NO. The van der Waals surface area contributed by atoms with Crippen LogP contribution in [0.2, 0.25) is 0 Å². The maximum absolute atomic E-state index is 11.7. The van der Waals surface area contributed by atoms with Crippen molar-refractivity contribution in [1.82, 2.24) is 0 Å². The predicted octanol–water partition coefficient (Wildman–Crippen LogP) is 4.01. The molecule has 0 radical (unpaired) electrons. The largest absolute Gasteiger partial charge is 0.522 e.